The van der Waals surface area contributed by atoms with Crippen LogP contribution in [0.4, 0.5) is 0 Å². The number of rotatable bonds is 3. The first-order valence-corrected chi connectivity index (χ1v) is 6.19. The molecule has 0 aromatic carbocycles. The molecule has 98 valence electrons. The lowest BCUT2D eigenvalue weighted by Crippen LogP contribution is -2.40. The van der Waals surface area contributed by atoms with Crippen LogP contribution in [0.5, 0.6) is 0 Å². The molecule has 1 aromatic heterocycles. The number of H-pyrrole nitrogens is 1. The summed E-state index contributed by atoms with van der Waals surface area (Å²) in [4.78, 5) is 11.8. The van der Waals surface area contributed by atoms with E-state index in [0.29, 0.717) is 6.54 Å². The standard InChI is InChI=1S/C13H20N4O/c1-13(2,3)11-7-9(16-17-11)8-15-12(18)10-5-4-6-14-10/h4-5,7,10,14H,6,8H2,1-3H3,(H,15,18)(H,16,17). The van der Waals surface area contributed by atoms with Gasteiger partial charge in [0.05, 0.1) is 17.9 Å². The largest absolute Gasteiger partial charge is 0.349 e. The van der Waals surface area contributed by atoms with Crippen LogP contribution in [0.25, 0.3) is 0 Å². The Morgan fingerprint density at radius 1 is 1.56 bits per heavy atom. The molecule has 1 amide bonds. The third kappa shape index (κ3) is 2.98. The maximum Gasteiger partial charge on any atom is 0.241 e. The van der Waals surface area contributed by atoms with Gasteiger partial charge in [-0.15, -0.1) is 0 Å². The number of amides is 1. The van der Waals surface area contributed by atoms with E-state index in [9.17, 15) is 4.79 Å². The van der Waals surface area contributed by atoms with Crippen LogP contribution in [-0.4, -0.2) is 28.7 Å². The molecular formula is C13H20N4O. The van der Waals surface area contributed by atoms with Crippen molar-refractivity contribution in [2.24, 2.45) is 0 Å². The van der Waals surface area contributed by atoms with Crippen LogP contribution in [-0.2, 0) is 16.8 Å². The van der Waals surface area contributed by atoms with Crippen molar-refractivity contribution in [1.82, 2.24) is 20.8 Å². The van der Waals surface area contributed by atoms with Gasteiger partial charge in [0.25, 0.3) is 0 Å². The van der Waals surface area contributed by atoms with Gasteiger partial charge in [-0.25, -0.2) is 0 Å². The maximum absolute atomic E-state index is 11.8. The van der Waals surface area contributed by atoms with Crippen LogP contribution in [0.1, 0.15) is 32.2 Å². The van der Waals surface area contributed by atoms with E-state index in [1.807, 2.05) is 18.2 Å². The second-order valence-corrected chi connectivity index (χ2v) is 5.56. The number of hydrogen-bond acceptors (Lipinski definition) is 3. The average Bonchev–Trinajstić information content (AvgIpc) is 2.96. The van der Waals surface area contributed by atoms with E-state index < -0.39 is 0 Å². The van der Waals surface area contributed by atoms with E-state index in [1.54, 1.807) is 0 Å². The quantitative estimate of drug-likeness (QED) is 0.695. The SMILES string of the molecule is CC(C)(C)c1cc(CNC(=O)C2C=CCN2)[nH]n1. The Balaban J connectivity index is 1.88. The zero-order valence-corrected chi connectivity index (χ0v) is 11.1. The summed E-state index contributed by atoms with van der Waals surface area (Å²) in [5, 5.41) is 13.2. The number of nitrogens with one attached hydrogen (secondary N) is 3. The molecule has 18 heavy (non-hydrogen) atoms. The molecule has 0 spiro atoms. The minimum absolute atomic E-state index is 0.00402. The van der Waals surface area contributed by atoms with Crippen molar-refractivity contribution in [1.29, 1.82) is 0 Å². The Labute approximate surface area is 107 Å². The predicted molar refractivity (Wildman–Crippen MR) is 70.1 cm³/mol. The van der Waals surface area contributed by atoms with Crippen LogP contribution < -0.4 is 10.6 Å². The lowest BCUT2D eigenvalue weighted by Gasteiger charge is -2.13. The third-order valence-corrected chi connectivity index (χ3v) is 2.92. The Hall–Kier alpha value is -1.62. The smallest absolute Gasteiger partial charge is 0.241 e. The molecule has 1 unspecified atom stereocenters. The Morgan fingerprint density at radius 3 is 2.89 bits per heavy atom. The molecule has 2 rings (SSSR count). The molecule has 0 aliphatic carbocycles. The molecule has 5 heteroatoms. The van der Waals surface area contributed by atoms with Crippen LogP contribution in [0.2, 0.25) is 0 Å². The van der Waals surface area contributed by atoms with Gasteiger partial charge in [-0.2, -0.15) is 5.10 Å². The molecule has 0 saturated carbocycles. The number of aromatic amines is 1. The Bertz CT molecular complexity index is 456. The highest BCUT2D eigenvalue weighted by molar-refractivity contribution is 5.84. The van der Waals surface area contributed by atoms with Gasteiger partial charge in [-0.1, -0.05) is 32.9 Å². The summed E-state index contributed by atoms with van der Waals surface area (Å²) in [6.07, 6.45) is 3.83. The molecule has 5 nitrogen and oxygen atoms in total. The second-order valence-electron chi connectivity index (χ2n) is 5.56. The fraction of sp³-hybridized carbons (Fsp3) is 0.538. The highest BCUT2D eigenvalue weighted by Crippen LogP contribution is 2.20. The van der Waals surface area contributed by atoms with Gasteiger partial charge < -0.3 is 5.32 Å². The number of aromatic nitrogens is 2. The lowest BCUT2D eigenvalue weighted by molar-refractivity contribution is -0.122. The molecule has 1 aliphatic rings. The van der Waals surface area contributed by atoms with Gasteiger partial charge in [0.2, 0.25) is 5.91 Å². The van der Waals surface area contributed by atoms with E-state index in [2.05, 4.69) is 41.6 Å². The fourth-order valence-corrected chi connectivity index (χ4v) is 1.78. The summed E-state index contributed by atoms with van der Waals surface area (Å²) in [6, 6.07) is 1.80. The van der Waals surface area contributed by atoms with Crippen molar-refractivity contribution in [3.63, 3.8) is 0 Å². The Morgan fingerprint density at radius 2 is 2.33 bits per heavy atom. The first kappa shape index (κ1) is 12.8. The molecule has 0 radical (unpaired) electrons. The lowest BCUT2D eigenvalue weighted by atomic mass is 9.92. The normalized spacial score (nSPS) is 19.2. The summed E-state index contributed by atoms with van der Waals surface area (Å²) in [5.41, 5.74) is 1.95. The molecular weight excluding hydrogens is 228 g/mol. The molecule has 1 atom stereocenters. The van der Waals surface area contributed by atoms with Crippen LogP contribution in [0, 0.1) is 0 Å². The molecule has 3 N–H and O–H groups in total. The van der Waals surface area contributed by atoms with E-state index >= 15 is 0 Å². The van der Waals surface area contributed by atoms with Gasteiger partial charge in [0, 0.05) is 12.0 Å². The summed E-state index contributed by atoms with van der Waals surface area (Å²) in [6.45, 7) is 7.57. The van der Waals surface area contributed by atoms with Crippen molar-refractivity contribution in [3.8, 4) is 0 Å². The maximum atomic E-state index is 11.8. The van der Waals surface area contributed by atoms with Gasteiger partial charge in [0.1, 0.15) is 6.04 Å². The van der Waals surface area contributed by atoms with Gasteiger partial charge in [0.15, 0.2) is 0 Å². The third-order valence-electron chi connectivity index (χ3n) is 2.92. The zero-order chi connectivity index (χ0) is 13.2. The van der Waals surface area contributed by atoms with Crippen LogP contribution >= 0.6 is 0 Å². The first-order valence-electron chi connectivity index (χ1n) is 6.19. The molecule has 1 aromatic rings. The number of nitrogens with zero attached hydrogens (tertiary/aromatic N) is 1. The molecule has 1 aliphatic heterocycles. The zero-order valence-electron chi connectivity index (χ0n) is 11.1. The van der Waals surface area contributed by atoms with E-state index in [0.717, 1.165) is 17.9 Å². The monoisotopic (exact) mass is 248 g/mol. The van der Waals surface area contributed by atoms with Crippen molar-refractivity contribution in [2.75, 3.05) is 6.54 Å². The van der Waals surface area contributed by atoms with Crippen molar-refractivity contribution < 1.29 is 4.79 Å². The number of carbonyl (C=O) groups is 1. The summed E-state index contributed by atoms with van der Waals surface area (Å²) in [5.74, 6) is -0.00402. The van der Waals surface area contributed by atoms with E-state index in [1.165, 1.54) is 0 Å². The first-order chi connectivity index (χ1) is 8.47. The number of carbonyl (C=O) groups excluding carboxylic acids is 1. The highest BCUT2D eigenvalue weighted by atomic mass is 16.2. The van der Waals surface area contributed by atoms with Crippen LogP contribution in [0.15, 0.2) is 18.2 Å². The average molecular weight is 248 g/mol. The van der Waals surface area contributed by atoms with Crippen molar-refractivity contribution in [3.05, 3.63) is 29.6 Å². The minimum Gasteiger partial charge on any atom is -0.349 e. The van der Waals surface area contributed by atoms with E-state index in [4.69, 9.17) is 0 Å². The fourth-order valence-electron chi connectivity index (χ4n) is 1.78. The number of hydrogen-bond donors (Lipinski definition) is 3. The molecule has 2 heterocycles. The second kappa shape index (κ2) is 4.94. The van der Waals surface area contributed by atoms with Crippen LogP contribution in [0.3, 0.4) is 0 Å². The van der Waals surface area contributed by atoms with Crippen molar-refractivity contribution in [2.45, 2.75) is 38.8 Å². The molecule has 0 saturated heterocycles. The summed E-state index contributed by atoms with van der Waals surface area (Å²) >= 11 is 0. The predicted octanol–water partition coefficient (Wildman–Crippen LogP) is 0.851. The van der Waals surface area contributed by atoms with E-state index in [-0.39, 0.29) is 17.4 Å². The summed E-state index contributed by atoms with van der Waals surface area (Å²) < 4.78 is 0. The van der Waals surface area contributed by atoms with Gasteiger partial charge in [-0.05, 0) is 6.07 Å². The van der Waals surface area contributed by atoms with Gasteiger partial charge in [-0.3, -0.25) is 15.2 Å². The molecule has 0 bridgehead atoms. The Kier molecular flexibility index (Phi) is 3.52. The minimum atomic E-state index is -0.199. The van der Waals surface area contributed by atoms with Gasteiger partial charge >= 0.3 is 0 Å². The topological polar surface area (TPSA) is 69.8 Å². The molecule has 0 fully saturated rings. The summed E-state index contributed by atoms with van der Waals surface area (Å²) in [7, 11) is 0. The highest BCUT2D eigenvalue weighted by Gasteiger charge is 2.19. The van der Waals surface area contributed by atoms with Crippen molar-refractivity contribution >= 4 is 5.91 Å².